The van der Waals surface area contributed by atoms with Gasteiger partial charge in [0.05, 0.1) is 0 Å². The molecule has 0 radical (unpaired) electrons. The summed E-state index contributed by atoms with van der Waals surface area (Å²) in [4.78, 5) is 0. The van der Waals surface area contributed by atoms with E-state index >= 15 is 0 Å². The predicted molar refractivity (Wildman–Crippen MR) is 96.2 cm³/mol. The highest BCUT2D eigenvalue weighted by molar-refractivity contribution is 5.21. The van der Waals surface area contributed by atoms with Gasteiger partial charge in [0.25, 0.3) is 0 Å². The molecule has 2 atom stereocenters. The number of hydrogen-bond donors (Lipinski definition) is 0. The first-order chi connectivity index (χ1) is 8.88. The Morgan fingerprint density at radius 3 is 1.80 bits per heavy atom. The van der Waals surface area contributed by atoms with Crippen molar-refractivity contribution in [2.45, 2.75) is 94.9 Å². The highest BCUT2D eigenvalue weighted by atomic mass is 14.3. The lowest BCUT2D eigenvalue weighted by Crippen LogP contribution is -1.95. The summed E-state index contributed by atoms with van der Waals surface area (Å²) in [6.07, 6.45) is 6.50. The highest BCUT2D eigenvalue weighted by Gasteiger charge is 2.23. The molecule has 2 unspecified atom stereocenters. The van der Waals surface area contributed by atoms with Gasteiger partial charge in [0.15, 0.2) is 0 Å². The van der Waals surface area contributed by atoms with Crippen LogP contribution < -0.4 is 0 Å². The van der Waals surface area contributed by atoms with Crippen molar-refractivity contribution in [2.24, 2.45) is 11.8 Å². The van der Waals surface area contributed by atoms with Crippen molar-refractivity contribution < 1.29 is 0 Å². The first kappa shape index (κ1) is 21.8. The van der Waals surface area contributed by atoms with Crippen LogP contribution in [0.5, 0.6) is 0 Å². The zero-order valence-corrected chi connectivity index (χ0v) is 14.7. The van der Waals surface area contributed by atoms with Crippen LogP contribution in [0.3, 0.4) is 0 Å². The first-order valence-corrected chi connectivity index (χ1v) is 8.21. The molecule has 0 amide bonds. The first-order valence-electron chi connectivity index (χ1n) is 8.21. The number of hydrogen-bond acceptors (Lipinski definition) is 0. The minimum atomic E-state index is 0. The second-order valence-electron chi connectivity index (χ2n) is 6.27. The van der Waals surface area contributed by atoms with E-state index in [-0.39, 0.29) is 7.43 Å². The van der Waals surface area contributed by atoms with Gasteiger partial charge < -0.3 is 0 Å². The summed E-state index contributed by atoms with van der Waals surface area (Å²) in [6, 6.07) is 0. The molecule has 20 heavy (non-hydrogen) atoms. The van der Waals surface area contributed by atoms with E-state index < -0.39 is 0 Å². The lowest BCUT2D eigenvalue weighted by molar-refractivity contribution is 0.517. The molecule has 1 aliphatic rings. The Bertz CT molecular complexity index is 317. The topological polar surface area (TPSA) is 0 Å². The van der Waals surface area contributed by atoms with E-state index in [1.54, 1.807) is 22.3 Å². The quantitative estimate of drug-likeness (QED) is 0.466. The zero-order chi connectivity index (χ0) is 15.0. The van der Waals surface area contributed by atoms with Crippen LogP contribution in [0.4, 0.5) is 0 Å². The third-order valence-electron chi connectivity index (χ3n) is 4.99. The predicted octanol–water partition coefficient (Wildman–Crippen LogP) is 7.56. The van der Waals surface area contributed by atoms with E-state index in [2.05, 4.69) is 55.4 Å². The zero-order valence-electron chi connectivity index (χ0n) is 14.7. The van der Waals surface area contributed by atoms with Gasteiger partial charge >= 0.3 is 0 Å². The third-order valence-corrected chi connectivity index (χ3v) is 4.99. The minimum absolute atomic E-state index is 0. The molecule has 120 valence electrons. The van der Waals surface area contributed by atoms with Gasteiger partial charge in [0.2, 0.25) is 0 Å². The smallest absolute Gasteiger partial charge is 0.0200 e. The van der Waals surface area contributed by atoms with Crippen molar-refractivity contribution in [2.75, 3.05) is 0 Å². The molecule has 1 aliphatic carbocycles. The second-order valence-corrected chi connectivity index (χ2v) is 6.27. The molecule has 1 rings (SSSR count). The summed E-state index contributed by atoms with van der Waals surface area (Å²) in [5.74, 6) is 1.75. The molecule has 0 fully saturated rings. The van der Waals surface area contributed by atoms with E-state index in [1.807, 2.05) is 0 Å². The van der Waals surface area contributed by atoms with Gasteiger partial charge in [-0.05, 0) is 65.2 Å². The van der Waals surface area contributed by atoms with Crippen LogP contribution in [0, 0.1) is 11.8 Å². The summed E-state index contributed by atoms with van der Waals surface area (Å²) in [5.41, 5.74) is 6.46. The van der Waals surface area contributed by atoms with Crippen LogP contribution in [0.25, 0.3) is 0 Å². The largest absolute Gasteiger partial charge is 0.0776 e. The van der Waals surface area contributed by atoms with Crippen LogP contribution in [-0.4, -0.2) is 0 Å². The molecule has 0 N–H and O–H groups in total. The van der Waals surface area contributed by atoms with Gasteiger partial charge in [-0.25, -0.2) is 0 Å². The van der Waals surface area contributed by atoms with Crippen LogP contribution >= 0.6 is 0 Å². The van der Waals surface area contributed by atoms with E-state index in [1.165, 1.54) is 32.1 Å². The molecule has 0 aromatic heterocycles. The fourth-order valence-electron chi connectivity index (χ4n) is 2.85. The van der Waals surface area contributed by atoms with Crippen molar-refractivity contribution in [3.05, 3.63) is 22.3 Å². The van der Waals surface area contributed by atoms with Gasteiger partial charge in [-0.15, -0.1) is 0 Å². The Balaban J connectivity index is 0. The standard InChI is InChI=1S/C10H18.C9H18.CH4/c1-5-10-6-7(2)8(3)9(10)4;1-5-7-9(4)8(3)6-2;/h7,10H,5-6H2,1-4H3;5-7H2,1-4H3;1H4/b;9-8-;. The van der Waals surface area contributed by atoms with Crippen LogP contribution in [0.2, 0.25) is 0 Å². The molecule has 0 spiro atoms. The van der Waals surface area contributed by atoms with Crippen molar-refractivity contribution >= 4 is 0 Å². The van der Waals surface area contributed by atoms with E-state index in [4.69, 9.17) is 0 Å². The SMILES string of the molecule is C.CCC/C(C)=C(/C)CC.CCC1CC(C)C(C)=C1C. The minimum Gasteiger partial charge on any atom is -0.0776 e. The average molecular weight is 281 g/mol. The fourth-order valence-corrected chi connectivity index (χ4v) is 2.85. The van der Waals surface area contributed by atoms with E-state index in [0.29, 0.717) is 0 Å². The molecule has 0 saturated carbocycles. The Kier molecular flexibility index (Phi) is 12.2. The van der Waals surface area contributed by atoms with Crippen LogP contribution in [0.1, 0.15) is 94.9 Å². The van der Waals surface area contributed by atoms with E-state index in [9.17, 15) is 0 Å². The normalized spacial score (nSPS) is 22.8. The molecular formula is C20H40. The maximum atomic E-state index is 2.34. The molecule has 0 nitrogen and oxygen atoms in total. The van der Waals surface area contributed by atoms with Gasteiger partial charge in [-0.3, -0.25) is 0 Å². The second kappa shape index (κ2) is 11.2. The van der Waals surface area contributed by atoms with Crippen molar-refractivity contribution in [1.29, 1.82) is 0 Å². The van der Waals surface area contributed by atoms with Gasteiger partial charge in [-0.2, -0.15) is 0 Å². The Morgan fingerprint density at radius 2 is 1.55 bits per heavy atom. The molecular weight excluding hydrogens is 240 g/mol. The molecule has 0 aromatic rings. The van der Waals surface area contributed by atoms with Crippen LogP contribution in [0.15, 0.2) is 22.3 Å². The molecule has 0 aliphatic heterocycles. The summed E-state index contributed by atoms with van der Waals surface area (Å²) >= 11 is 0. The van der Waals surface area contributed by atoms with Gasteiger partial charge in [0, 0.05) is 0 Å². The van der Waals surface area contributed by atoms with Gasteiger partial charge in [-0.1, -0.05) is 63.8 Å². The number of rotatable bonds is 4. The maximum Gasteiger partial charge on any atom is -0.0200 e. The lowest BCUT2D eigenvalue weighted by atomic mass is 9.98. The van der Waals surface area contributed by atoms with Crippen molar-refractivity contribution in [1.82, 2.24) is 0 Å². The molecule has 0 aromatic carbocycles. The summed E-state index contributed by atoms with van der Waals surface area (Å²) in [5, 5.41) is 0. The molecule has 0 bridgehead atoms. The number of allylic oxidation sites excluding steroid dienone is 4. The Labute approximate surface area is 129 Å². The summed E-state index contributed by atoms with van der Waals surface area (Å²) < 4.78 is 0. The summed E-state index contributed by atoms with van der Waals surface area (Å²) in [6.45, 7) is 18.1. The molecule has 0 heteroatoms. The Hall–Kier alpha value is -0.520. The molecule has 0 heterocycles. The lowest BCUT2D eigenvalue weighted by Gasteiger charge is -2.07. The monoisotopic (exact) mass is 280 g/mol. The highest BCUT2D eigenvalue weighted by Crippen LogP contribution is 2.37. The maximum absolute atomic E-state index is 2.34. The Morgan fingerprint density at radius 1 is 1.00 bits per heavy atom. The van der Waals surface area contributed by atoms with Crippen molar-refractivity contribution in [3.63, 3.8) is 0 Å². The third kappa shape index (κ3) is 6.77. The van der Waals surface area contributed by atoms with Crippen LogP contribution in [-0.2, 0) is 0 Å². The molecule has 0 saturated heterocycles. The average Bonchev–Trinajstić information content (AvgIpc) is 2.66. The summed E-state index contributed by atoms with van der Waals surface area (Å²) in [7, 11) is 0. The van der Waals surface area contributed by atoms with E-state index in [0.717, 1.165) is 11.8 Å². The fraction of sp³-hybridized carbons (Fsp3) is 0.800. The van der Waals surface area contributed by atoms with Gasteiger partial charge in [0.1, 0.15) is 0 Å². The van der Waals surface area contributed by atoms with Crippen molar-refractivity contribution in [3.8, 4) is 0 Å².